The molecular weight excluding hydrogens is 466 g/mol. The van der Waals surface area contributed by atoms with Gasteiger partial charge in [-0.25, -0.2) is 13.5 Å². The molecular formula is C18H19BrF2N6OS. The molecule has 0 spiro atoms. The second-order valence-electron chi connectivity index (χ2n) is 7.12. The van der Waals surface area contributed by atoms with Crippen molar-refractivity contribution < 1.29 is 13.6 Å². The van der Waals surface area contributed by atoms with Gasteiger partial charge < -0.3 is 9.80 Å². The van der Waals surface area contributed by atoms with Gasteiger partial charge in [0.05, 0.1) is 5.52 Å². The number of halogens is 3. The van der Waals surface area contributed by atoms with Gasteiger partial charge in [0.25, 0.3) is 6.43 Å². The number of benzene rings is 1. The molecule has 3 aromatic rings. The van der Waals surface area contributed by atoms with Crippen LogP contribution in [-0.2, 0) is 4.79 Å². The molecule has 1 fully saturated rings. The molecule has 154 valence electrons. The number of piperazine rings is 1. The number of nitrogens with zero attached hydrogens (tertiary/aromatic N) is 6. The average molecular weight is 485 g/mol. The molecule has 0 radical (unpaired) electrons. The molecule has 1 saturated heterocycles. The monoisotopic (exact) mass is 484 g/mol. The van der Waals surface area contributed by atoms with Crippen LogP contribution in [0.5, 0.6) is 0 Å². The van der Waals surface area contributed by atoms with Crippen LogP contribution in [0.1, 0.15) is 25.3 Å². The Balaban J connectivity index is 1.63. The summed E-state index contributed by atoms with van der Waals surface area (Å²) in [7, 11) is 0. The Kier molecular flexibility index (Phi) is 5.52. The zero-order valence-electron chi connectivity index (χ0n) is 15.8. The van der Waals surface area contributed by atoms with E-state index >= 15 is 0 Å². The molecule has 0 unspecified atom stereocenters. The van der Waals surface area contributed by atoms with E-state index in [9.17, 15) is 13.6 Å². The Hall–Kier alpha value is -2.14. The standard InChI is InChI=1S/C18H19BrF2N6OS/c1-10(2)17(28)26-5-3-25(4-6-26)14-8-11(19)7-13-12(14)9-27(24-13)18-23-22-16(29-18)15(20)21/h7-10,15H,3-6H2,1-2H3. The number of hydrogen-bond acceptors (Lipinski definition) is 6. The molecule has 11 heteroatoms. The third kappa shape index (κ3) is 3.97. The minimum Gasteiger partial charge on any atom is -0.367 e. The van der Waals surface area contributed by atoms with Crippen molar-refractivity contribution in [2.75, 3.05) is 31.1 Å². The summed E-state index contributed by atoms with van der Waals surface area (Å²) in [5.41, 5.74) is 1.71. The fourth-order valence-electron chi connectivity index (χ4n) is 3.37. The predicted octanol–water partition coefficient (Wildman–Crippen LogP) is 3.88. The van der Waals surface area contributed by atoms with Gasteiger partial charge in [-0.2, -0.15) is 5.10 Å². The van der Waals surface area contributed by atoms with Crippen molar-refractivity contribution in [3.8, 4) is 5.13 Å². The van der Waals surface area contributed by atoms with E-state index in [1.807, 2.05) is 30.9 Å². The average Bonchev–Trinajstić information content (AvgIpc) is 3.33. The summed E-state index contributed by atoms with van der Waals surface area (Å²) < 4.78 is 28.0. The van der Waals surface area contributed by atoms with E-state index in [1.54, 1.807) is 6.20 Å². The van der Waals surface area contributed by atoms with Gasteiger partial charge >= 0.3 is 0 Å². The first-order chi connectivity index (χ1) is 13.8. The highest BCUT2D eigenvalue weighted by Crippen LogP contribution is 2.33. The van der Waals surface area contributed by atoms with Crippen LogP contribution in [0.4, 0.5) is 14.5 Å². The number of hydrogen-bond donors (Lipinski definition) is 0. The first-order valence-corrected chi connectivity index (χ1v) is 10.8. The highest BCUT2D eigenvalue weighted by molar-refractivity contribution is 9.10. The lowest BCUT2D eigenvalue weighted by molar-refractivity contribution is -0.134. The lowest BCUT2D eigenvalue weighted by atomic mass is 10.1. The normalized spacial score (nSPS) is 15.1. The van der Waals surface area contributed by atoms with Gasteiger partial charge in [-0.3, -0.25) is 4.79 Å². The molecule has 2 aromatic heterocycles. The Morgan fingerprint density at radius 1 is 1.17 bits per heavy atom. The molecule has 4 rings (SSSR count). The number of carbonyl (C=O) groups is 1. The van der Waals surface area contributed by atoms with Crippen molar-refractivity contribution in [2.24, 2.45) is 5.92 Å². The molecule has 1 aliphatic rings. The number of anilines is 1. The lowest BCUT2D eigenvalue weighted by Crippen LogP contribution is -2.50. The summed E-state index contributed by atoms with van der Waals surface area (Å²) in [6, 6.07) is 3.89. The first kappa shape index (κ1) is 20.1. The van der Waals surface area contributed by atoms with Gasteiger partial charge in [0.1, 0.15) is 0 Å². The number of carbonyl (C=O) groups excluding carboxylic acids is 1. The van der Waals surface area contributed by atoms with Gasteiger partial charge in [0.2, 0.25) is 11.0 Å². The topological polar surface area (TPSA) is 67.2 Å². The minimum atomic E-state index is -2.65. The Bertz CT molecular complexity index is 1040. The molecule has 1 aromatic carbocycles. The number of amides is 1. The number of rotatable bonds is 4. The van der Waals surface area contributed by atoms with Crippen molar-refractivity contribution in [1.82, 2.24) is 24.9 Å². The van der Waals surface area contributed by atoms with Gasteiger partial charge in [-0.05, 0) is 12.1 Å². The SMILES string of the molecule is CC(C)C(=O)N1CCN(c2cc(Br)cc3nn(-c4nnc(C(F)F)s4)cc23)CC1. The summed E-state index contributed by atoms with van der Waals surface area (Å²) in [6.07, 6.45) is -0.862. The third-order valence-electron chi connectivity index (χ3n) is 4.81. The van der Waals surface area contributed by atoms with E-state index in [1.165, 1.54) is 4.68 Å². The van der Waals surface area contributed by atoms with Gasteiger partial charge in [-0.15, -0.1) is 10.2 Å². The van der Waals surface area contributed by atoms with Crippen molar-refractivity contribution in [1.29, 1.82) is 0 Å². The summed E-state index contributed by atoms with van der Waals surface area (Å²) in [5.74, 6) is 0.158. The maximum absolute atomic E-state index is 12.8. The summed E-state index contributed by atoms with van der Waals surface area (Å²) in [6.45, 7) is 6.56. The van der Waals surface area contributed by atoms with E-state index in [4.69, 9.17) is 0 Å². The van der Waals surface area contributed by atoms with E-state index in [2.05, 4.69) is 36.1 Å². The largest absolute Gasteiger partial charge is 0.367 e. The van der Waals surface area contributed by atoms with Crippen LogP contribution in [0.2, 0.25) is 0 Å². The molecule has 0 bridgehead atoms. The molecule has 1 amide bonds. The maximum atomic E-state index is 12.8. The van der Waals surface area contributed by atoms with Crippen LogP contribution >= 0.6 is 27.3 Å². The van der Waals surface area contributed by atoms with Gasteiger partial charge in [0.15, 0.2) is 5.01 Å². The fraction of sp³-hybridized carbons (Fsp3) is 0.444. The van der Waals surface area contributed by atoms with Crippen molar-refractivity contribution in [3.05, 3.63) is 27.8 Å². The molecule has 7 nitrogen and oxygen atoms in total. The molecule has 1 aliphatic heterocycles. The summed E-state index contributed by atoms with van der Waals surface area (Å²) in [5, 5.41) is 12.7. The zero-order chi connectivity index (χ0) is 20.7. The van der Waals surface area contributed by atoms with Crippen LogP contribution < -0.4 is 4.90 Å². The van der Waals surface area contributed by atoms with Crippen LogP contribution in [0, 0.1) is 5.92 Å². The minimum absolute atomic E-state index is 0.0117. The second-order valence-corrected chi connectivity index (χ2v) is 9.03. The summed E-state index contributed by atoms with van der Waals surface area (Å²) in [4.78, 5) is 16.4. The van der Waals surface area contributed by atoms with Crippen molar-refractivity contribution >= 4 is 49.8 Å². The van der Waals surface area contributed by atoms with E-state index < -0.39 is 6.43 Å². The number of aromatic nitrogens is 4. The van der Waals surface area contributed by atoms with Crippen LogP contribution in [0.25, 0.3) is 16.0 Å². The Morgan fingerprint density at radius 2 is 1.90 bits per heavy atom. The van der Waals surface area contributed by atoms with Crippen LogP contribution in [-0.4, -0.2) is 57.0 Å². The lowest BCUT2D eigenvalue weighted by Gasteiger charge is -2.37. The quantitative estimate of drug-likeness (QED) is 0.561. The Morgan fingerprint density at radius 3 is 2.52 bits per heavy atom. The maximum Gasteiger partial charge on any atom is 0.291 e. The zero-order valence-corrected chi connectivity index (χ0v) is 18.3. The Labute approximate surface area is 178 Å². The van der Waals surface area contributed by atoms with Crippen LogP contribution in [0.15, 0.2) is 22.8 Å². The third-order valence-corrected chi connectivity index (χ3v) is 6.18. The molecule has 0 atom stereocenters. The molecule has 29 heavy (non-hydrogen) atoms. The van der Waals surface area contributed by atoms with Crippen molar-refractivity contribution in [3.63, 3.8) is 0 Å². The van der Waals surface area contributed by atoms with Gasteiger partial charge in [-0.1, -0.05) is 41.1 Å². The smallest absolute Gasteiger partial charge is 0.291 e. The van der Waals surface area contributed by atoms with Crippen LogP contribution in [0.3, 0.4) is 0 Å². The molecule has 0 N–H and O–H groups in total. The number of alkyl halides is 2. The van der Waals surface area contributed by atoms with E-state index in [0.717, 1.165) is 32.4 Å². The highest BCUT2D eigenvalue weighted by Gasteiger charge is 2.25. The first-order valence-electron chi connectivity index (χ1n) is 9.18. The van der Waals surface area contributed by atoms with E-state index in [-0.39, 0.29) is 16.8 Å². The van der Waals surface area contributed by atoms with Crippen molar-refractivity contribution in [2.45, 2.75) is 20.3 Å². The fourth-order valence-corrected chi connectivity index (χ4v) is 4.43. The highest BCUT2D eigenvalue weighted by atomic mass is 79.9. The predicted molar refractivity (Wildman–Crippen MR) is 111 cm³/mol. The molecule has 3 heterocycles. The molecule has 0 saturated carbocycles. The molecule has 0 aliphatic carbocycles. The second kappa shape index (κ2) is 7.94. The van der Waals surface area contributed by atoms with E-state index in [0.29, 0.717) is 31.3 Å². The summed E-state index contributed by atoms with van der Waals surface area (Å²) >= 11 is 4.35. The number of fused-ring (bicyclic) bond motifs is 1. The van der Waals surface area contributed by atoms with Gasteiger partial charge in [0, 0.05) is 53.8 Å².